The first kappa shape index (κ1) is 14.7. The van der Waals surface area contributed by atoms with Gasteiger partial charge in [-0.05, 0) is 25.0 Å². The predicted molar refractivity (Wildman–Crippen MR) is 62.5 cm³/mol. The van der Waals surface area contributed by atoms with Crippen LogP contribution in [0.3, 0.4) is 0 Å². The van der Waals surface area contributed by atoms with Crippen molar-refractivity contribution in [2.24, 2.45) is 0 Å². The summed E-state index contributed by atoms with van der Waals surface area (Å²) in [4.78, 5) is 15.4. The molecule has 1 aromatic heterocycles. The quantitative estimate of drug-likeness (QED) is 0.747. The Morgan fingerprint density at radius 2 is 1.89 bits per heavy atom. The van der Waals surface area contributed by atoms with E-state index in [0.29, 0.717) is 31.2 Å². The van der Waals surface area contributed by atoms with Crippen LogP contribution in [-0.4, -0.2) is 10.8 Å². The summed E-state index contributed by atoms with van der Waals surface area (Å²) in [6, 6.07) is 2.13. The lowest BCUT2D eigenvalue weighted by atomic mass is 10.0. The standard InChI is InChI=1S/C13H16F3NO/c1-3-5-10-9(11(18)6-4-2)7-8-12(17-10)13(14,15)16/h7-8H,3-6H2,1-2H3. The first-order valence-electron chi connectivity index (χ1n) is 6.00. The fourth-order valence-electron chi connectivity index (χ4n) is 1.70. The fraction of sp³-hybridized carbons (Fsp3) is 0.538. The van der Waals surface area contributed by atoms with Crippen molar-refractivity contribution in [3.8, 4) is 0 Å². The van der Waals surface area contributed by atoms with Crippen LogP contribution in [0.15, 0.2) is 12.1 Å². The highest BCUT2D eigenvalue weighted by Crippen LogP contribution is 2.28. The van der Waals surface area contributed by atoms with E-state index in [1.54, 1.807) is 0 Å². The lowest BCUT2D eigenvalue weighted by Gasteiger charge is -2.11. The Morgan fingerprint density at radius 3 is 2.39 bits per heavy atom. The summed E-state index contributed by atoms with van der Waals surface area (Å²) >= 11 is 0. The van der Waals surface area contributed by atoms with E-state index in [0.717, 1.165) is 6.07 Å². The zero-order valence-electron chi connectivity index (χ0n) is 10.5. The second-order valence-electron chi connectivity index (χ2n) is 4.11. The predicted octanol–water partition coefficient (Wildman–Crippen LogP) is 4.04. The number of rotatable bonds is 5. The average molecular weight is 259 g/mol. The zero-order valence-corrected chi connectivity index (χ0v) is 10.5. The number of alkyl halides is 3. The van der Waals surface area contributed by atoms with Crippen molar-refractivity contribution in [2.75, 3.05) is 0 Å². The first-order valence-corrected chi connectivity index (χ1v) is 6.00. The van der Waals surface area contributed by atoms with Crippen LogP contribution in [0, 0.1) is 0 Å². The minimum absolute atomic E-state index is 0.137. The summed E-state index contributed by atoms with van der Waals surface area (Å²) in [5.74, 6) is -0.137. The lowest BCUT2D eigenvalue weighted by molar-refractivity contribution is -0.141. The molecule has 0 amide bonds. The maximum atomic E-state index is 12.5. The number of pyridine rings is 1. The number of halogens is 3. The number of hydrogen-bond acceptors (Lipinski definition) is 2. The molecule has 0 radical (unpaired) electrons. The van der Waals surface area contributed by atoms with E-state index in [1.165, 1.54) is 6.07 Å². The summed E-state index contributed by atoms with van der Waals surface area (Å²) in [7, 11) is 0. The van der Waals surface area contributed by atoms with E-state index >= 15 is 0 Å². The van der Waals surface area contributed by atoms with Gasteiger partial charge in [-0.25, -0.2) is 4.98 Å². The molecule has 0 aromatic carbocycles. The minimum Gasteiger partial charge on any atom is -0.294 e. The molecule has 100 valence electrons. The topological polar surface area (TPSA) is 30.0 Å². The van der Waals surface area contributed by atoms with E-state index in [9.17, 15) is 18.0 Å². The summed E-state index contributed by atoms with van der Waals surface area (Å²) in [6.45, 7) is 3.70. The summed E-state index contributed by atoms with van der Waals surface area (Å²) in [6.07, 6.45) is -2.42. The Morgan fingerprint density at radius 1 is 1.22 bits per heavy atom. The number of aromatic nitrogens is 1. The molecule has 1 heterocycles. The van der Waals surface area contributed by atoms with E-state index < -0.39 is 11.9 Å². The number of hydrogen-bond donors (Lipinski definition) is 0. The highest BCUT2D eigenvalue weighted by atomic mass is 19.4. The molecule has 0 atom stereocenters. The normalized spacial score (nSPS) is 11.6. The van der Waals surface area contributed by atoms with E-state index in [4.69, 9.17) is 0 Å². The maximum absolute atomic E-state index is 12.5. The van der Waals surface area contributed by atoms with Crippen molar-refractivity contribution in [1.82, 2.24) is 4.98 Å². The second-order valence-corrected chi connectivity index (χ2v) is 4.11. The van der Waals surface area contributed by atoms with Crippen molar-refractivity contribution in [2.45, 2.75) is 45.7 Å². The number of nitrogens with zero attached hydrogens (tertiary/aromatic N) is 1. The molecule has 1 rings (SSSR count). The van der Waals surface area contributed by atoms with Gasteiger partial charge in [-0.3, -0.25) is 4.79 Å². The van der Waals surface area contributed by atoms with E-state index in [1.807, 2.05) is 13.8 Å². The summed E-state index contributed by atoms with van der Waals surface area (Å²) in [5.41, 5.74) is -0.350. The van der Waals surface area contributed by atoms with E-state index in [-0.39, 0.29) is 11.5 Å². The monoisotopic (exact) mass is 259 g/mol. The van der Waals surface area contributed by atoms with Gasteiger partial charge >= 0.3 is 6.18 Å². The van der Waals surface area contributed by atoms with Gasteiger partial charge in [0.2, 0.25) is 0 Å². The van der Waals surface area contributed by atoms with Gasteiger partial charge in [-0.2, -0.15) is 13.2 Å². The third kappa shape index (κ3) is 3.55. The first-order chi connectivity index (χ1) is 8.40. The molecule has 0 bridgehead atoms. The molecule has 0 unspecified atom stereocenters. The molecular formula is C13H16F3NO. The number of Topliss-reactive ketones (excluding diaryl/α,β-unsaturated/α-hetero) is 1. The van der Waals surface area contributed by atoms with Gasteiger partial charge in [-0.15, -0.1) is 0 Å². The van der Waals surface area contributed by atoms with Crippen molar-refractivity contribution < 1.29 is 18.0 Å². The second kappa shape index (κ2) is 5.98. The Hall–Kier alpha value is -1.39. The van der Waals surface area contributed by atoms with Crippen LogP contribution in [0.2, 0.25) is 0 Å². The van der Waals surface area contributed by atoms with Crippen LogP contribution >= 0.6 is 0 Å². The van der Waals surface area contributed by atoms with Crippen molar-refractivity contribution in [3.05, 3.63) is 29.1 Å². The Kier molecular flexibility index (Phi) is 4.87. The average Bonchev–Trinajstić information content (AvgIpc) is 2.28. The van der Waals surface area contributed by atoms with Crippen LogP contribution in [0.5, 0.6) is 0 Å². The van der Waals surface area contributed by atoms with Crippen LogP contribution in [-0.2, 0) is 12.6 Å². The van der Waals surface area contributed by atoms with Gasteiger partial charge in [0.1, 0.15) is 5.69 Å². The van der Waals surface area contributed by atoms with Crippen LogP contribution in [0.1, 0.15) is 54.9 Å². The molecule has 5 heteroatoms. The molecule has 18 heavy (non-hydrogen) atoms. The Labute approximate surface area is 104 Å². The third-order valence-electron chi connectivity index (χ3n) is 2.53. The number of aryl methyl sites for hydroxylation is 1. The molecule has 0 saturated carbocycles. The van der Waals surface area contributed by atoms with Gasteiger partial charge in [0.25, 0.3) is 0 Å². The molecule has 1 aromatic rings. The lowest BCUT2D eigenvalue weighted by Crippen LogP contribution is -2.13. The van der Waals surface area contributed by atoms with Gasteiger partial charge in [0.15, 0.2) is 5.78 Å². The molecule has 0 aliphatic heterocycles. The molecule has 0 N–H and O–H groups in total. The molecule has 2 nitrogen and oxygen atoms in total. The molecule has 0 aliphatic rings. The molecule has 0 spiro atoms. The Balaban J connectivity index is 3.16. The van der Waals surface area contributed by atoms with Gasteiger partial charge in [0, 0.05) is 12.0 Å². The summed E-state index contributed by atoms with van der Waals surface area (Å²) in [5, 5.41) is 0. The molecular weight excluding hydrogens is 243 g/mol. The zero-order chi connectivity index (χ0) is 13.8. The van der Waals surface area contributed by atoms with Crippen LogP contribution in [0.4, 0.5) is 13.2 Å². The van der Waals surface area contributed by atoms with Crippen molar-refractivity contribution >= 4 is 5.78 Å². The smallest absolute Gasteiger partial charge is 0.294 e. The van der Waals surface area contributed by atoms with Gasteiger partial charge in [0.05, 0.1) is 5.69 Å². The maximum Gasteiger partial charge on any atom is 0.433 e. The Bertz CT molecular complexity index is 427. The van der Waals surface area contributed by atoms with Crippen LogP contribution in [0.25, 0.3) is 0 Å². The van der Waals surface area contributed by atoms with Crippen LogP contribution < -0.4 is 0 Å². The molecule has 0 aliphatic carbocycles. The fourth-order valence-corrected chi connectivity index (χ4v) is 1.70. The van der Waals surface area contributed by atoms with Gasteiger partial charge in [-0.1, -0.05) is 20.3 Å². The van der Waals surface area contributed by atoms with Crippen molar-refractivity contribution in [3.63, 3.8) is 0 Å². The highest BCUT2D eigenvalue weighted by molar-refractivity contribution is 5.97. The SMILES string of the molecule is CCCC(=O)c1ccc(C(F)(F)F)nc1CCC. The largest absolute Gasteiger partial charge is 0.433 e. The summed E-state index contributed by atoms with van der Waals surface area (Å²) < 4.78 is 37.6. The molecule has 0 saturated heterocycles. The number of carbonyl (C=O) groups excluding carboxylic acids is 1. The highest BCUT2D eigenvalue weighted by Gasteiger charge is 2.33. The van der Waals surface area contributed by atoms with Gasteiger partial charge < -0.3 is 0 Å². The number of ketones is 1. The van der Waals surface area contributed by atoms with E-state index in [2.05, 4.69) is 4.98 Å². The number of carbonyl (C=O) groups is 1. The molecule has 0 fully saturated rings. The minimum atomic E-state index is -4.46. The van der Waals surface area contributed by atoms with Crippen molar-refractivity contribution in [1.29, 1.82) is 0 Å². The third-order valence-corrected chi connectivity index (χ3v) is 2.53.